The fourth-order valence-corrected chi connectivity index (χ4v) is 1.73. The van der Waals surface area contributed by atoms with Crippen molar-refractivity contribution in [2.45, 2.75) is 0 Å². The minimum Gasteiger partial charge on any atom is -0.388 e. The van der Waals surface area contributed by atoms with Crippen molar-refractivity contribution in [1.29, 1.82) is 0 Å². The van der Waals surface area contributed by atoms with Crippen molar-refractivity contribution < 1.29 is 13.7 Å². The van der Waals surface area contributed by atoms with Gasteiger partial charge in [-0.05, 0) is 18.2 Å². The highest BCUT2D eigenvalue weighted by Gasteiger charge is 2.10. The molecule has 0 saturated heterocycles. The summed E-state index contributed by atoms with van der Waals surface area (Å²) in [5.41, 5.74) is 0.911. The number of nitro groups is 1. The molecule has 0 heterocycles. The van der Waals surface area contributed by atoms with Crippen molar-refractivity contribution in [2.24, 2.45) is 0 Å². The number of halogens is 2. The van der Waals surface area contributed by atoms with Gasteiger partial charge in [0, 0.05) is 42.3 Å². The molecule has 7 heteroatoms. The van der Waals surface area contributed by atoms with E-state index in [1.807, 2.05) is 0 Å². The molecule has 2 aromatic carbocycles. The average molecular weight is 279 g/mol. The number of hydrogen-bond donors (Lipinski definition) is 2. The maximum absolute atomic E-state index is 13.1. The molecule has 0 aromatic heterocycles. The van der Waals surface area contributed by atoms with Crippen molar-refractivity contribution in [3.63, 3.8) is 0 Å². The zero-order valence-corrected chi connectivity index (χ0v) is 10.5. The number of benzene rings is 2. The summed E-state index contributed by atoms with van der Waals surface area (Å²) in [7, 11) is 1.62. The van der Waals surface area contributed by atoms with Crippen LogP contribution in [0.3, 0.4) is 0 Å². The lowest BCUT2D eigenvalue weighted by atomic mass is 10.2. The number of nitro benzene ring substituents is 1. The summed E-state index contributed by atoms with van der Waals surface area (Å²) >= 11 is 0. The maximum Gasteiger partial charge on any atom is 0.273 e. The Balaban J connectivity index is 2.37. The van der Waals surface area contributed by atoms with Crippen LogP contribution in [0.25, 0.3) is 0 Å². The molecule has 20 heavy (non-hydrogen) atoms. The van der Waals surface area contributed by atoms with Crippen molar-refractivity contribution in [1.82, 2.24) is 0 Å². The Labute approximate surface area is 113 Å². The molecule has 0 atom stereocenters. The topological polar surface area (TPSA) is 67.2 Å². The van der Waals surface area contributed by atoms with Gasteiger partial charge in [-0.3, -0.25) is 10.1 Å². The number of rotatable bonds is 4. The van der Waals surface area contributed by atoms with Gasteiger partial charge in [-0.1, -0.05) is 0 Å². The molecular formula is C13H11F2N3O2. The third kappa shape index (κ3) is 3.19. The lowest BCUT2D eigenvalue weighted by Crippen LogP contribution is -1.97. The highest BCUT2D eigenvalue weighted by atomic mass is 19.1. The molecule has 2 rings (SSSR count). The van der Waals surface area contributed by atoms with Crippen LogP contribution in [-0.4, -0.2) is 12.0 Å². The van der Waals surface area contributed by atoms with Gasteiger partial charge in [0.2, 0.25) is 0 Å². The Morgan fingerprint density at radius 1 is 0.950 bits per heavy atom. The zero-order valence-electron chi connectivity index (χ0n) is 10.5. The summed E-state index contributed by atoms with van der Waals surface area (Å²) in [6.45, 7) is 0. The van der Waals surface area contributed by atoms with Crippen LogP contribution < -0.4 is 10.6 Å². The van der Waals surface area contributed by atoms with E-state index in [4.69, 9.17) is 0 Å². The van der Waals surface area contributed by atoms with Crippen LogP contribution in [0.15, 0.2) is 36.4 Å². The fraction of sp³-hybridized carbons (Fsp3) is 0.0769. The maximum atomic E-state index is 13.1. The molecule has 0 aliphatic heterocycles. The lowest BCUT2D eigenvalue weighted by molar-refractivity contribution is -0.384. The van der Waals surface area contributed by atoms with Gasteiger partial charge in [0.15, 0.2) is 0 Å². The van der Waals surface area contributed by atoms with E-state index >= 15 is 0 Å². The molecule has 0 fully saturated rings. The van der Waals surface area contributed by atoms with E-state index in [1.54, 1.807) is 13.1 Å². The molecule has 2 aromatic rings. The first kappa shape index (κ1) is 13.7. The van der Waals surface area contributed by atoms with Crippen LogP contribution in [0, 0.1) is 21.7 Å². The summed E-state index contributed by atoms with van der Waals surface area (Å²) in [6, 6.07) is 7.18. The Morgan fingerprint density at radius 3 is 2.05 bits per heavy atom. The van der Waals surface area contributed by atoms with E-state index in [9.17, 15) is 18.9 Å². The summed E-state index contributed by atoms with van der Waals surface area (Å²) in [6.07, 6.45) is 0. The van der Waals surface area contributed by atoms with Crippen LogP contribution in [0.1, 0.15) is 0 Å². The smallest absolute Gasteiger partial charge is 0.273 e. The van der Waals surface area contributed by atoms with E-state index in [2.05, 4.69) is 10.6 Å². The number of non-ortho nitro benzene ring substituents is 1. The van der Waals surface area contributed by atoms with Gasteiger partial charge in [0.1, 0.15) is 11.6 Å². The third-order valence-electron chi connectivity index (χ3n) is 2.57. The highest BCUT2D eigenvalue weighted by Crippen LogP contribution is 2.27. The minimum absolute atomic E-state index is 0.128. The first-order valence-electron chi connectivity index (χ1n) is 5.68. The predicted octanol–water partition coefficient (Wildman–Crippen LogP) is 3.66. The second-order valence-electron chi connectivity index (χ2n) is 4.06. The predicted molar refractivity (Wildman–Crippen MR) is 72.3 cm³/mol. The number of anilines is 3. The van der Waals surface area contributed by atoms with Crippen molar-refractivity contribution in [3.05, 3.63) is 58.1 Å². The fourth-order valence-electron chi connectivity index (χ4n) is 1.73. The van der Waals surface area contributed by atoms with E-state index in [0.29, 0.717) is 11.4 Å². The van der Waals surface area contributed by atoms with Crippen molar-refractivity contribution >= 4 is 22.7 Å². The van der Waals surface area contributed by atoms with Gasteiger partial charge in [0.25, 0.3) is 5.69 Å². The van der Waals surface area contributed by atoms with Crippen LogP contribution >= 0.6 is 0 Å². The van der Waals surface area contributed by atoms with E-state index < -0.39 is 16.6 Å². The largest absolute Gasteiger partial charge is 0.388 e. The molecule has 0 radical (unpaired) electrons. The molecule has 104 valence electrons. The molecule has 0 aliphatic carbocycles. The Kier molecular flexibility index (Phi) is 3.79. The quantitative estimate of drug-likeness (QED) is 0.662. The van der Waals surface area contributed by atoms with E-state index in [0.717, 1.165) is 18.2 Å². The zero-order chi connectivity index (χ0) is 14.7. The van der Waals surface area contributed by atoms with Crippen LogP contribution in [0.4, 0.5) is 31.5 Å². The standard InChI is InChI=1S/C13H11F2N3O2/c1-16-10-5-12(7-13(6-10)18(19)20)17-11-3-8(14)2-9(15)4-11/h2-7,16-17H,1H3. The molecule has 0 amide bonds. The normalized spacial score (nSPS) is 10.2. The van der Waals surface area contributed by atoms with Crippen molar-refractivity contribution in [3.8, 4) is 0 Å². The van der Waals surface area contributed by atoms with Gasteiger partial charge in [-0.15, -0.1) is 0 Å². The minimum atomic E-state index is -0.730. The summed E-state index contributed by atoms with van der Waals surface area (Å²) in [5.74, 6) is -1.46. The first-order chi connectivity index (χ1) is 9.47. The summed E-state index contributed by atoms with van der Waals surface area (Å²) in [5, 5.41) is 16.3. The van der Waals surface area contributed by atoms with Crippen LogP contribution in [0.2, 0.25) is 0 Å². The number of nitrogens with one attached hydrogen (secondary N) is 2. The van der Waals surface area contributed by atoms with E-state index in [1.165, 1.54) is 12.1 Å². The Morgan fingerprint density at radius 2 is 1.50 bits per heavy atom. The van der Waals surface area contributed by atoms with Gasteiger partial charge in [-0.2, -0.15) is 0 Å². The molecular weight excluding hydrogens is 268 g/mol. The third-order valence-corrected chi connectivity index (χ3v) is 2.57. The molecule has 2 N–H and O–H groups in total. The van der Waals surface area contributed by atoms with Crippen LogP contribution in [-0.2, 0) is 0 Å². The van der Waals surface area contributed by atoms with Gasteiger partial charge in [-0.25, -0.2) is 8.78 Å². The van der Waals surface area contributed by atoms with Gasteiger partial charge < -0.3 is 10.6 Å². The highest BCUT2D eigenvalue weighted by molar-refractivity contribution is 5.68. The SMILES string of the molecule is CNc1cc(Nc2cc(F)cc(F)c2)cc([N+](=O)[O-])c1. The first-order valence-corrected chi connectivity index (χ1v) is 5.68. The summed E-state index contributed by atoms with van der Waals surface area (Å²) in [4.78, 5) is 10.3. The second kappa shape index (κ2) is 5.52. The van der Waals surface area contributed by atoms with Crippen LogP contribution in [0.5, 0.6) is 0 Å². The molecule has 0 saturated carbocycles. The number of hydrogen-bond acceptors (Lipinski definition) is 4. The second-order valence-corrected chi connectivity index (χ2v) is 4.06. The monoisotopic (exact) mass is 279 g/mol. The Bertz CT molecular complexity index is 642. The Hall–Kier alpha value is -2.70. The van der Waals surface area contributed by atoms with Crippen molar-refractivity contribution in [2.75, 3.05) is 17.7 Å². The molecule has 0 spiro atoms. The van der Waals surface area contributed by atoms with Gasteiger partial charge in [0.05, 0.1) is 4.92 Å². The molecule has 5 nitrogen and oxygen atoms in total. The summed E-state index contributed by atoms with van der Waals surface area (Å²) < 4.78 is 26.2. The van der Waals surface area contributed by atoms with Gasteiger partial charge >= 0.3 is 0 Å². The van der Waals surface area contributed by atoms with E-state index in [-0.39, 0.29) is 11.4 Å². The lowest BCUT2D eigenvalue weighted by Gasteiger charge is -2.09. The molecule has 0 unspecified atom stereocenters. The molecule has 0 aliphatic rings. The number of nitrogens with zero attached hydrogens (tertiary/aromatic N) is 1. The molecule has 0 bridgehead atoms. The average Bonchev–Trinajstić information content (AvgIpc) is 2.36.